The van der Waals surface area contributed by atoms with E-state index < -0.39 is 0 Å². The lowest BCUT2D eigenvalue weighted by Crippen LogP contribution is -2.13. The summed E-state index contributed by atoms with van der Waals surface area (Å²) in [5.74, 6) is 0.108. The van der Waals surface area contributed by atoms with Crippen LogP contribution in [0.1, 0.15) is 28.0 Å². The number of nitrogens with one attached hydrogen (secondary N) is 1. The van der Waals surface area contributed by atoms with Crippen molar-refractivity contribution in [2.24, 2.45) is 0 Å². The van der Waals surface area contributed by atoms with Gasteiger partial charge in [0.25, 0.3) is 0 Å². The van der Waals surface area contributed by atoms with Gasteiger partial charge in [-0.25, -0.2) is 0 Å². The van der Waals surface area contributed by atoms with E-state index in [4.69, 9.17) is 0 Å². The van der Waals surface area contributed by atoms with Gasteiger partial charge >= 0.3 is 0 Å². The molecule has 102 valence electrons. The van der Waals surface area contributed by atoms with E-state index in [2.05, 4.69) is 16.0 Å². The summed E-state index contributed by atoms with van der Waals surface area (Å²) in [6.07, 6.45) is 7.14. The predicted molar refractivity (Wildman–Crippen MR) is 83.2 cm³/mol. The van der Waals surface area contributed by atoms with E-state index >= 15 is 0 Å². The third kappa shape index (κ3) is 1.98. The van der Waals surface area contributed by atoms with Crippen LogP contribution < -0.4 is 0 Å². The Kier molecular flexibility index (Phi) is 2.71. The topological polar surface area (TPSA) is 45.8 Å². The second kappa shape index (κ2) is 4.70. The minimum absolute atomic E-state index is 0.108. The number of carbonyl (C=O) groups is 1. The van der Waals surface area contributed by atoms with Gasteiger partial charge in [0.1, 0.15) is 0 Å². The summed E-state index contributed by atoms with van der Waals surface area (Å²) >= 11 is 0. The van der Waals surface area contributed by atoms with Crippen molar-refractivity contribution in [1.82, 2.24) is 9.97 Å². The highest BCUT2D eigenvalue weighted by molar-refractivity contribution is 6.14. The molecule has 0 saturated heterocycles. The fourth-order valence-corrected chi connectivity index (χ4v) is 2.99. The Balaban J connectivity index is 1.80. The number of nitrogens with zero attached hydrogens (tertiary/aromatic N) is 1. The van der Waals surface area contributed by atoms with Gasteiger partial charge in [0.05, 0.1) is 5.69 Å². The molecule has 0 bridgehead atoms. The van der Waals surface area contributed by atoms with Crippen molar-refractivity contribution < 1.29 is 4.79 Å². The van der Waals surface area contributed by atoms with Crippen LogP contribution >= 0.6 is 0 Å². The normalized spacial score (nSPS) is 16.4. The quantitative estimate of drug-likeness (QED) is 0.686. The molecule has 0 unspecified atom stereocenters. The summed E-state index contributed by atoms with van der Waals surface area (Å²) in [6.45, 7) is 0. The highest BCUT2D eigenvalue weighted by atomic mass is 16.1. The summed E-state index contributed by atoms with van der Waals surface area (Å²) in [7, 11) is 0. The highest BCUT2D eigenvalue weighted by Gasteiger charge is 2.25. The molecule has 3 nitrogen and oxygen atoms in total. The molecule has 0 radical (unpaired) electrons. The van der Waals surface area contributed by atoms with Crippen molar-refractivity contribution in [2.45, 2.75) is 12.8 Å². The maximum absolute atomic E-state index is 12.7. The number of H-pyrrole nitrogens is 1. The fourth-order valence-electron chi connectivity index (χ4n) is 2.99. The van der Waals surface area contributed by atoms with Crippen LogP contribution in [0.5, 0.6) is 0 Å². The van der Waals surface area contributed by atoms with Crippen molar-refractivity contribution in [2.75, 3.05) is 0 Å². The molecule has 0 aliphatic heterocycles. The number of allylic oxidation sites excluding steroid dienone is 1. The zero-order valence-corrected chi connectivity index (χ0v) is 11.5. The van der Waals surface area contributed by atoms with Crippen LogP contribution in [-0.2, 0) is 6.42 Å². The van der Waals surface area contributed by atoms with Crippen molar-refractivity contribution in [3.63, 3.8) is 0 Å². The van der Waals surface area contributed by atoms with E-state index in [9.17, 15) is 4.79 Å². The molecule has 1 aromatic carbocycles. The number of aryl methyl sites for hydroxylation is 1. The van der Waals surface area contributed by atoms with Crippen molar-refractivity contribution in [3.8, 4) is 0 Å². The molecule has 1 aliphatic carbocycles. The molecule has 3 aromatic rings. The Bertz CT molecular complexity index is 859. The molecule has 1 aliphatic rings. The lowest BCUT2D eigenvalue weighted by atomic mass is 9.89. The molecule has 0 atom stereocenters. The summed E-state index contributed by atoms with van der Waals surface area (Å²) in [6, 6.07) is 11.9. The number of aromatic amines is 1. The zero-order chi connectivity index (χ0) is 14.2. The second-order valence-corrected chi connectivity index (χ2v) is 5.31. The van der Waals surface area contributed by atoms with Crippen LogP contribution in [0.4, 0.5) is 0 Å². The lowest BCUT2D eigenvalue weighted by molar-refractivity contribution is 0.102. The van der Waals surface area contributed by atoms with Crippen LogP contribution in [0.25, 0.3) is 17.0 Å². The van der Waals surface area contributed by atoms with Crippen LogP contribution in [0, 0.1) is 0 Å². The molecule has 0 amide bonds. The monoisotopic (exact) mass is 274 g/mol. The van der Waals surface area contributed by atoms with Gasteiger partial charge in [-0.1, -0.05) is 24.3 Å². The van der Waals surface area contributed by atoms with Gasteiger partial charge in [-0.05, 0) is 42.2 Å². The molecular weight excluding hydrogens is 260 g/mol. The van der Waals surface area contributed by atoms with Crippen molar-refractivity contribution >= 4 is 22.8 Å². The second-order valence-electron chi connectivity index (χ2n) is 5.31. The minimum atomic E-state index is 0.108. The van der Waals surface area contributed by atoms with E-state index in [0.29, 0.717) is 0 Å². The Morgan fingerprint density at radius 1 is 1.10 bits per heavy atom. The lowest BCUT2D eigenvalue weighted by Gasteiger charge is -2.14. The molecule has 21 heavy (non-hydrogen) atoms. The Morgan fingerprint density at radius 3 is 2.86 bits per heavy atom. The minimum Gasteiger partial charge on any atom is -0.352 e. The van der Waals surface area contributed by atoms with Crippen LogP contribution in [0.3, 0.4) is 0 Å². The summed E-state index contributed by atoms with van der Waals surface area (Å²) in [5.41, 5.74) is 4.76. The third-order valence-electron chi connectivity index (χ3n) is 4.00. The number of rotatable bonds is 1. The summed E-state index contributed by atoms with van der Waals surface area (Å²) in [4.78, 5) is 20.0. The van der Waals surface area contributed by atoms with Gasteiger partial charge in [-0.3, -0.25) is 9.78 Å². The molecule has 0 spiro atoms. The smallest absolute Gasteiger partial charge is 0.205 e. The van der Waals surface area contributed by atoms with Crippen LogP contribution in [0.2, 0.25) is 0 Å². The zero-order valence-electron chi connectivity index (χ0n) is 11.5. The molecular formula is C18H14N2O. The number of hydrogen-bond acceptors (Lipinski definition) is 2. The average molecular weight is 274 g/mol. The molecule has 2 aromatic heterocycles. The SMILES string of the molecule is O=C1/C(=C/c2cccnc2)CCc2c1[nH]c1ccccc21. The van der Waals surface area contributed by atoms with E-state index in [0.717, 1.165) is 40.8 Å². The first-order valence-corrected chi connectivity index (χ1v) is 7.08. The summed E-state index contributed by atoms with van der Waals surface area (Å²) < 4.78 is 0. The first-order chi connectivity index (χ1) is 10.3. The standard InChI is InChI=1S/C18H14N2O/c21-18-13(10-12-4-3-9-19-11-12)7-8-15-14-5-1-2-6-16(14)20-17(15)18/h1-6,9-11,20H,7-8H2/b13-10+. The Morgan fingerprint density at radius 2 is 2.00 bits per heavy atom. The average Bonchev–Trinajstić information content (AvgIpc) is 2.91. The number of Topliss-reactive ketones (excluding diaryl/α,β-unsaturated/α-hetero) is 1. The molecule has 3 heteroatoms. The largest absolute Gasteiger partial charge is 0.352 e. The van der Waals surface area contributed by atoms with Gasteiger partial charge < -0.3 is 4.98 Å². The van der Waals surface area contributed by atoms with Gasteiger partial charge in [-0.15, -0.1) is 0 Å². The summed E-state index contributed by atoms with van der Waals surface area (Å²) in [5, 5.41) is 1.17. The first kappa shape index (κ1) is 12.1. The number of aromatic nitrogens is 2. The number of fused-ring (bicyclic) bond motifs is 3. The number of carbonyl (C=O) groups excluding carboxylic acids is 1. The van der Waals surface area contributed by atoms with Crippen LogP contribution in [0.15, 0.2) is 54.4 Å². The van der Waals surface area contributed by atoms with E-state index in [-0.39, 0.29) is 5.78 Å². The van der Waals surface area contributed by atoms with Gasteiger partial charge in [0, 0.05) is 28.9 Å². The van der Waals surface area contributed by atoms with Crippen LogP contribution in [-0.4, -0.2) is 15.8 Å². The molecule has 0 fully saturated rings. The van der Waals surface area contributed by atoms with Gasteiger partial charge in [0.15, 0.2) is 0 Å². The Hall–Kier alpha value is -2.68. The fraction of sp³-hybridized carbons (Fsp3) is 0.111. The number of ketones is 1. The van der Waals surface area contributed by atoms with Crippen molar-refractivity contribution in [1.29, 1.82) is 0 Å². The van der Waals surface area contributed by atoms with E-state index in [1.54, 1.807) is 12.4 Å². The number of para-hydroxylation sites is 1. The molecule has 0 saturated carbocycles. The maximum Gasteiger partial charge on any atom is 0.205 e. The first-order valence-electron chi connectivity index (χ1n) is 7.08. The van der Waals surface area contributed by atoms with Crippen molar-refractivity contribution in [3.05, 3.63) is 71.2 Å². The van der Waals surface area contributed by atoms with Gasteiger partial charge in [0.2, 0.25) is 5.78 Å². The number of hydrogen-bond donors (Lipinski definition) is 1. The maximum atomic E-state index is 12.7. The van der Waals surface area contributed by atoms with Gasteiger partial charge in [-0.2, -0.15) is 0 Å². The van der Waals surface area contributed by atoms with E-state index in [1.165, 1.54) is 5.39 Å². The molecule has 1 N–H and O–H groups in total. The number of benzene rings is 1. The molecule has 4 rings (SSSR count). The third-order valence-corrected chi connectivity index (χ3v) is 4.00. The Labute approximate surface area is 122 Å². The number of pyridine rings is 1. The molecule has 2 heterocycles. The highest BCUT2D eigenvalue weighted by Crippen LogP contribution is 2.31. The predicted octanol–water partition coefficient (Wildman–Crippen LogP) is 3.78. The van der Waals surface area contributed by atoms with E-state index in [1.807, 2.05) is 36.4 Å².